The van der Waals surface area contributed by atoms with Gasteiger partial charge in [-0.3, -0.25) is 0 Å². The van der Waals surface area contributed by atoms with Crippen molar-refractivity contribution in [1.82, 2.24) is 0 Å². The van der Waals surface area contributed by atoms with E-state index < -0.39 is 12.1 Å². The Hall–Kier alpha value is -2.37. The monoisotopic (exact) mass is 522 g/mol. The minimum Gasteiger partial charge on any atom is -0.503 e. The van der Waals surface area contributed by atoms with E-state index in [1.54, 1.807) is 24.3 Å². The van der Waals surface area contributed by atoms with Gasteiger partial charge in [0.25, 0.3) is 0 Å². The number of benzene rings is 2. The molecule has 0 heterocycles. The van der Waals surface area contributed by atoms with E-state index in [2.05, 4.69) is 6.92 Å². The molecule has 35 heavy (non-hydrogen) atoms. The molecule has 0 aliphatic carbocycles. The molecule has 0 saturated carbocycles. The van der Waals surface area contributed by atoms with Gasteiger partial charge in [0.1, 0.15) is 17.4 Å². The fourth-order valence-corrected chi connectivity index (χ4v) is 4.44. The number of carboxylic acids is 1. The molecule has 0 fully saturated rings. The normalized spacial score (nSPS) is 12.3. The van der Waals surface area contributed by atoms with Crippen molar-refractivity contribution in [2.75, 3.05) is 13.7 Å². The summed E-state index contributed by atoms with van der Waals surface area (Å²) in [5.74, 6) is -0.169. The highest BCUT2D eigenvalue weighted by molar-refractivity contribution is 6.37. The van der Waals surface area contributed by atoms with Crippen LogP contribution < -0.4 is 9.47 Å². The molecule has 0 bridgehead atoms. The van der Waals surface area contributed by atoms with Crippen molar-refractivity contribution in [2.45, 2.75) is 71.3 Å². The summed E-state index contributed by atoms with van der Waals surface area (Å²) in [7, 11) is 1.41. The molecular weight excluding hydrogens is 487 g/mol. The van der Waals surface area contributed by atoms with Gasteiger partial charge in [0.05, 0.1) is 30.0 Å². The first-order valence-electron chi connectivity index (χ1n) is 12.2. The van der Waals surface area contributed by atoms with Crippen molar-refractivity contribution in [3.63, 3.8) is 0 Å². The van der Waals surface area contributed by atoms with Crippen LogP contribution in [0.15, 0.2) is 42.7 Å². The van der Waals surface area contributed by atoms with Crippen molar-refractivity contribution in [3.8, 4) is 11.5 Å². The maximum Gasteiger partial charge on any atom is 0.339 e. The van der Waals surface area contributed by atoms with Crippen molar-refractivity contribution in [3.05, 3.63) is 63.8 Å². The van der Waals surface area contributed by atoms with E-state index in [4.69, 9.17) is 37.4 Å². The predicted molar refractivity (Wildman–Crippen MR) is 143 cm³/mol. The average Bonchev–Trinajstić information content (AvgIpc) is 2.82. The third kappa shape index (κ3) is 9.30. The molecule has 0 aliphatic rings. The topological polar surface area (TPSA) is 65.0 Å². The van der Waals surface area contributed by atoms with Gasteiger partial charge in [-0.25, -0.2) is 4.79 Å². The molecule has 0 saturated heterocycles. The minimum atomic E-state index is -1.09. The lowest BCUT2D eigenvalue weighted by molar-refractivity contribution is -0.130. The molecule has 1 atom stereocenters. The van der Waals surface area contributed by atoms with Gasteiger partial charge in [0.2, 0.25) is 0 Å². The van der Waals surface area contributed by atoms with Crippen LogP contribution in [0.25, 0.3) is 5.57 Å². The van der Waals surface area contributed by atoms with Crippen LogP contribution in [0.3, 0.4) is 0 Å². The molecule has 192 valence electrons. The molecular formula is C28H36Cl2O5. The molecule has 0 radical (unpaired) electrons. The number of hydrogen-bond acceptors (Lipinski definition) is 4. The zero-order valence-electron chi connectivity index (χ0n) is 20.8. The summed E-state index contributed by atoms with van der Waals surface area (Å²) in [6.07, 6.45) is 10.5. The quantitative estimate of drug-likeness (QED) is 0.135. The molecule has 2 rings (SSSR count). The lowest BCUT2D eigenvalue weighted by Crippen LogP contribution is -2.10. The fraction of sp³-hybridized carbons (Fsp3) is 0.464. The molecule has 1 unspecified atom stereocenters. The van der Waals surface area contributed by atoms with Crippen LogP contribution in [0.2, 0.25) is 10.0 Å². The second-order valence-electron chi connectivity index (χ2n) is 8.46. The van der Waals surface area contributed by atoms with E-state index in [-0.39, 0.29) is 5.57 Å². The highest BCUT2D eigenvalue weighted by Gasteiger charge is 2.20. The predicted octanol–water partition coefficient (Wildman–Crippen LogP) is 8.72. The maximum atomic E-state index is 11.7. The van der Waals surface area contributed by atoms with E-state index in [1.165, 1.54) is 51.9 Å². The number of methoxy groups -OCH3 is 1. The Morgan fingerprint density at radius 3 is 2.20 bits per heavy atom. The summed E-state index contributed by atoms with van der Waals surface area (Å²) >= 11 is 12.9. The third-order valence-electron chi connectivity index (χ3n) is 5.68. The first kappa shape index (κ1) is 28.9. The van der Waals surface area contributed by atoms with Gasteiger partial charge in [-0.05, 0) is 18.9 Å². The van der Waals surface area contributed by atoms with E-state index >= 15 is 0 Å². The number of rotatable bonds is 16. The number of unbranched alkanes of at least 4 members (excludes halogenated alkanes) is 7. The summed E-state index contributed by atoms with van der Waals surface area (Å²) in [5.41, 5.74) is 1.25. The Bertz CT molecular complexity index is 951. The molecule has 0 amide bonds. The van der Waals surface area contributed by atoms with Crippen LogP contribution >= 0.6 is 23.2 Å². The first-order chi connectivity index (χ1) is 16.9. The van der Waals surface area contributed by atoms with Crippen LogP contribution in [0, 0.1) is 0 Å². The van der Waals surface area contributed by atoms with Gasteiger partial charge in [0, 0.05) is 17.7 Å². The standard InChI is InChI=1S/C28H36Cl2O5/c1-4-5-6-7-8-9-10-13-16-34-27-25(29)17-21(18-26(27)30)35-20(2)22-14-11-12-15-23(22)24(19-33-3)28(31)32/h11-12,14-15,17-20H,4-10,13,16H2,1-3H3,(H,31,32). The molecule has 0 aliphatic heterocycles. The highest BCUT2D eigenvalue weighted by atomic mass is 35.5. The van der Waals surface area contributed by atoms with Gasteiger partial charge < -0.3 is 19.3 Å². The minimum absolute atomic E-state index is 0.0410. The Balaban J connectivity index is 1.99. The SMILES string of the molecule is CCCCCCCCCCOc1c(Cl)cc(OC(C)c2ccccc2C(=COC)C(=O)O)cc1Cl. The number of hydrogen-bond donors (Lipinski definition) is 1. The van der Waals surface area contributed by atoms with E-state index in [0.29, 0.717) is 39.3 Å². The molecule has 7 heteroatoms. The number of carbonyl (C=O) groups is 1. The van der Waals surface area contributed by atoms with Crippen molar-refractivity contribution >= 4 is 34.7 Å². The maximum absolute atomic E-state index is 11.7. The van der Waals surface area contributed by atoms with E-state index in [1.807, 2.05) is 19.1 Å². The third-order valence-corrected chi connectivity index (χ3v) is 6.25. The van der Waals surface area contributed by atoms with Crippen LogP contribution in [0.5, 0.6) is 11.5 Å². The zero-order chi connectivity index (χ0) is 25.6. The highest BCUT2D eigenvalue weighted by Crippen LogP contribution is 2.39. The van der Waals surface area contributed by atoms with Crippen LogP contribution in [0.4, 0.5) is 0 Å². The van der Waals surface area contributed by atoms with Crippen LogP contribution in [0.1, 0.15) is 82.4 Å². The van der Waals surface area contributed by atoms with Gasteiger partial charge in [-0.15, -0.1) is 0 Å². The zero-order valence-corrected chi connectivity index (χ0v) is 22.3. The fourth-order valence-electron chi connectivity index (χ4n) is 3.86. The Morgan fingerprint density at radius 1 is 1.00 bits per heavy atom. The Morgan fingerprint density at radius 2 is 1.60 bits per heavy atom. The molecule has 2 aromatic carbocycles. The number of halogens is 2. The van der Waals surface area contributed by atoms with Crippen LogP contribution in [-0.4, -0.2) is 24.8 Å². The largest absolute Gasteiger partial charge is 0.503 e. The van der Waals surface area contributed by atoms with E-state index in [0.717, 1.165) is 12.8 Å². The van der Waals surface area contributed by atoms with Crippen molar-refractivity contribution in [2.24, 2.45) is 0 Å². The van der Waals surface area contributed by atoms with Gasteiger partial charge >= 0.3 is 5.97 Å². The Kier molecular flexibility index (Phi) is 12.9. The molecule has 5 nitrogen and oxygen atoms in total. The molecule has 0 spiro atoms. The smallest absolute Gasteiger partial charge is 0.339 e. The molecule has 1 N–H and O–H groups in total. The lowest BCUT2D eigenvalue weighted by Gasteiger charge is -2.20. The van der Waals surface area contributed by atoms with Crippen molar-refractivity contribution < 1.29 is 24.1 Å². The van der Waals surface area contributed by atoms with Crippen molar-refractivity contribution in [1.29, 1.82) is 0 Å². The number of carboxylic acid groups (broad SMARTS) is 1. The second kappa shape index (κ2) is 15.6. The number of aliphatic carboxylic acids is 1. The summed E-state index contributed by atoms with van der Waals surface area (Å²) < 4.78 is 16.9. The van der Waals surface area contributed by atoms with Gasteiger partial charge in [-0.1, -0.05) is 99.3 Å². The first-order valence-corrected chi connectivity index (χ1v) is 13.0. The second-order valence-corrected chi connectivity index (χ2v) is 9.27. The number of ether oxygens (including phenoxy) is 3. The van der Waals surface area contributed by atoms with E-state index in [9.17, 15) is 9.90 Å². The lowest BCUT2D eigenvalue weighted by atomic mass is 9.97. The molecule has 2 aromatic rings. The summed E-state index contributed by atoms with van der Waals surface area (Å²) in [5, 5.41) is 10.3. The Labute approximate surface area is 219 Å². The summed E-state index contributed by atoms with van der Waals surface area (Å²) in [6, 6.07) is 10.5. The summed E-state index contributed by atoms with van der Waals surface area (Å²) in [4.78, 5) is 11.7. The van der Waals surface area contributed by atoms with Crippen LogP contribution in [-0.2, 0) is 9.53 Å². The summed E-state index contributed by atoms with van der Waals surface area (Å²) in [6.45, 7) is 4.62. The van der Waals surface area contributed by atoms with Gasteiger partial charge in [-0.2, -0.15) is 0 Å². The van der Waals surface area contributed by atoms with Gasteiger partial charge in [0.15, 0.2) is 5.75 Å². The molecule has 0 aromatic heterocycles. The average molecular weight is 523 g/mol.